The minimum absolute atomic E-state index is 0.286. The molecule has 0 bridgehead atoms. The molecule has 2 N–H and O–H groups in total. The molecular formula is C26H48I4N6Pt2. The van der Waals surface area contributed by atoms with E-state index in [1.165, 1.54) is 64.2 Å². The molecule has 12 heteroatoms. The van der Waals surface area contributed by atoms with Crippen LogP contribution in [0.25, 0.3) is 11.5 Å². The molecule has 2 heterocycles. The van der Waals surface area contributed by atoms with Gasteiger partial charge in [0.2, 0.25) is 0 Å². The Hall–Kier alpha value is 2.90. The minimum atomic E-state index is 0.286. The van der Waals surface area contributed by atoms with Gasteiger partial charge < -0.3 is 31.1 Å². The van der Waals surface area contributed by atoms with Gasteiger partial charge in [-0.2, -0.15) is 13.3 Å². The van der Waals surface area contributed by atoms with Crippen molar-refractivity contribution in [2.24, 2.45) is 0 Å². The average molecular weight is 1340 g/mol. The maximum absolute atomic E-state index is 7.27. The second kappa shape index (κ2) is 29.9. The molecule has 2 aliphatic heterocycles. The molecule has 38 heavy (non-hydrogen) atoms. The van der Waals surface area contributed by atoms with Crippen LogP contribution in [0.4, 0.5) is 0 Å². The van der Waals surface area contributed by atoms with Crippen LogP contribution in [0.1, 0.15) is 89.9 Å². The molecule has 2 saturated carbocycles. The quantitative estimate of drug-likeness (QED) is 0.145. The first kappa shape index (κ1) is 40.9. The smallest absolute Gasteiger partial charge is 0.0534 e. The zero-order valence-corrected chi connectivity index (χ0v) is 36.0. The summed E-state index contributed by atoms with van der Waals surface area (Å²) in [7, 11) is 4.13. The van der Waals surface area contributed by atoms with Crippen molar-refractivity contribution >= 4 is 77.4 Å². The topological polar surface area (TPSA) is 60.6 Å². The van der Waals surface area contributed by atoms with E-state index in [4.69, 9.17) is 11.5 Å². The van der Waals surface area contributed by atoms with E-state index in [1.54, 1.807) is 0 Å². The van der Waals surface area contributed by atoms with E-state index in [2.05, 4.69) is 149 Å². The van der Waals surface area contributed by atoms with Crippen LogP contribution in [0.5, 0.6) is 0 Å². The normalized spacial score (nSPS) is 19.3. The van der Waals surface area contributed by atoms with Crippen molar-refractivity contribution in [3.05, 3.63) is 49.6 Å². The largest absolute Gasteiger partial charge is 0.675 e. The van der Waals surface area contributed by atoms with Crippen molar-refractivity contribution in [3.63, 3.8) is 0 Å². The van der Waals surface area contributed by atoms with Gasteiger partial charge in [-0.05, 0) is 64.8 Å². The Morgan fingerprint density at radius 3 is 1.13 bits per heavy atom. The molecule has 0 aromatic rings. The maximum atomic E-state index is 7.27. The predicted octanol–water partition coefficient (Wildman–Crippen LogP) is 10.5. The van der Waals surface area contributed by atoms with Crippen molar-refractivity contribution in [2.75, 3.05) is 27.2 Å². The second-order valence-corrected chi connectivity index (χ2v) is 43.0. The maximum Gasteiger partial charge on any atom is -0.0534 e. The van der Waals surface area contributed by atoms with Crippen LogP contribution in [-0.2, 0) is 22.4 Å². The summed E-state index contributed by atoms with van der Waals surface area (Å²) in [4.78, 5) is 8.69. The summed E-state index contributed by atoms with van der Waals surface area (Å²) in [6, 6.07) is 0.572. The van der Waals surface area contributed by atoms with Crippen LogP contribution >= 0.6 is 77.4 Å². The molecule has 0 radical (unpaired) electrons. The van der Waals surface area contributed by atoms with Gasteiger partial charge in [0.25, 0.3) is 0 Å². The average Bonchev–Trinajstić information content (AvgIpc) is 3.51. The molecule has 0 saturated heterocycles. The fraction of sp³-hybridized carbons (Fsp3) is 0.769. The van der Waals surface area contributed by atoms with E-state index < -0.39 is 0 Å². The summed E-state index contributed by atoms with van der Waals surface area (Å²) in [5.74, 6) is 0. The van der Waals surface area contributed by atoms with Crippen LogP contribution in [0.2, 0.25) is 0 Å². The molecule has 0 aromatic heterocycles. The van der Waals surface area contributed by atoms with Gasteiger partial charge in [-0.15, -0.1) is 12.1 Å². The van der Waals surface area contributed by atoms with Gasteiger partial charge in [-0.3, -0.25) is 0 Å². The van der Waals surface area contributed by atoms with Gasteiger partial charge in [0, 0.05) is 0 Å². The van der Waals surface area contributed by atoms with Crippen LogP contribution < -0.4 is 0 Å². The Kier molecular flexibility index (Phi) is 32.2. The van der Waals surface area contributed by atoms with Crippen molar-refractivity contribution in [1.82, 2.24) is 19.6 Å². The number of halogens is 4. The number of rotatable bonds is 7. The van der Waals surface area contributed by atoms with E-state index in [0.717, 1.165) is 38.8 Å². The predicted molar refractivity (Wildman–Crippen MR) is 193 cm³/mol. The molecule has 2 fully saturated rings. The van der Waals surface area contributed by atoms with Gasteiger partial charge in [0.1, 0.15) is 0 Å². The Morgan fingerprint density at radius 2 is 0.921 bits per heavy atom. The third kappa shape index (κ3) is 26.5. The van der Waals surface area contributed by atoms with Crippen LogP contribution in [0.3, 0.4) is 0 Å². The third-order valence-electron chi connectivity index (χ3n) is 6.44. The van der Waals surface area contributed by atoms with Gasteiger partial charge in [0.15, 0.2) is 0 Å². The third-order valence-corrected chi connectivity index (χ3v) is 6.44. The summed E-state index contributed by atoms with van der Waals surface area (Å²) in [6.45, 7) is 6.55. The Labute approximate surface area is 293 Å². The Balaban J connectivity index is 0.000000561. The van der Waals surface area contributed by atoms with Crippen molar-refractivity contribution < 1.29 is 22.4 Å². The van der Waals surface area contributed by atoms with Crippen LogP contribution in [0, 0.1) is 13.3 Å². The first-order chi connectivity index (χ1) is 18.4. The minimum Gasteiger partial charge on any atom is -0.675 e. The number of hydrogen-bond acceptors (Lipinski definition) is 4. The Morgan fingerprint density at radius 1 is 0.605 bits per heavy atom. The summed E-state index contributed by atoms with van der Waals surface area (Å²) in [5.41, 5.74) is 14.5. The molecule has 0 aromatic carbocycles. The number of unbranched alkanes of at least 4 members (excludes halogenated alkanes) is 3. The van der Waals surface area contributed by atoms with Crippen LogP contribution in [-0.4, -0.2) is 58.9 Å². The van der Waals surface area contributed by atoms with Crippen LogP contribution in [0.15, 0.2) is 24.8 Å². The van der Waals surface area contributed by atoms with E-state index in [1.807, 2.05) is 0 Å². The molecule has 0 unspecified atom stereocenters. The van der Waals surface area contributed by atoms with Crippen molar-refractivity contribution in [2.45, 2.75) is 102 Å². The zero-order valence-electron chi connectivity index (χ0n) is 22.9. The summed E-state index contributed by atoms with van der Waals surface area (Å²) in [5, 5.41) is 0. The number of hydrogen-bond donors (Lipinski definition) is 0. The number of nitrogens with one attached hydrogen (secondary N) is 2. The molecule has 0 spiro atoms. The van der Waals surface area contributed by atoms with E-state index in [9.17, 15) is 0 Å². The van der Waals surface area contributed by atoms with Gasteiger partial charge in [-0.1, -0.05) is 77.0 Å². The SMILES string of the molecule is CN1C=CN(CCCCCCN2C=CN(C)[CH-]2)[CH-]1.[I][Pt+2][I].[I][Pt+2][I].[NH-]C1CCCCC1.[NH-]C1CCCCC1. The molecule has 4 aliphatic rings. The van der Waals surface area contributed by atoms with Gasteiger partial charge >= 0.3 is 99.8 Å². The van der Waals surface area contributed by atoms with E-state index in [0.29, 0.717) is 22.4 Å². The standard InChI is InChI=1S/C14H24N4.2C6H12N.4HI.2Pt/c1-15-9-11-17(13-15)7-5-3-4-6-8-18-12-10-16(2)14-18;2*7-6-4-2-1-3-5-6;;;;;;/h9-14H,3-8H2,1-2H3;2*6-7H,1-5H2;4*1H;;/q-2;2*-1;;;;;2*+4/p-4. The fourth-order valence-corrected chi connectivity index (χ4v) is 4.42. The Bertz CT molecular complexity index is 520. The molecule has 2 aliphatic carbocycles. The number of nitrogens with zero attached hydrogens (tertiary/aromatic N) is 4. The molecule has 6 nitrogen and oxygen atoms in total. The molecule has 4 rings (SSSR count). The fourth-order valence-electron chi connectivity index (χ4n) is 4.42. The molecule has 230 valence electrons. The molecule has 0 amide bonds. The molecular weight excluding hydrogens is 1290 g/mol. The van der Waals surface area contributed by atoms with E-state index in [-0.39, 0.29) is 12.1 Å². The summed E-state index contributed by atoms with van der Waals surface area (Å²) < 4.78 is 0. The van der Waals surface area contributed by atoms with E-state index >= 15 is 0 Å². The monoisotopic (exact) mass is 1340 g/mol. The van der Waals surface area contributed by atoms with Gasteiger partial charge in [-0.25, -0.2) is 0 Å². The zero-order chi connectivity index (χ0) is 28.4. The summed E-state index contributed by atoms with van der Waals surface area (Å²) >= 11 is 10.6. The summed E-state index contributed by atoms with van der Waals surface area (Å²) in [6.07, 6.45) is 26.2. The van der Waals surface area contributed by atoms with Crippen molar-refractivity contribution in [1.29, 1.82) is 0 Å². The van der Waals surface area contributed by atoms with Crippen molar-refractivity contribution in [3.8, 4) is 0 Å². The second-order valence-electron chi connectivity index (χ2n) is 9.81. The first-order valence-corrected chi connectivity index (χ1v) is 39.2. The van der Waals surface area contributed by atoms with Gasteiger partial charge in [0.05, 0.1) is 0 Å². The molecule has 0 atom stereocenters. The first-order valence-electron chi connectivity index (χ1n) is 13.4.